The molecule has 3 aromatic rings. The van der Waals surface area contributed by atoms with Crippen LogP contribution in [-0.2, 0) is 0 Å². The Morgan fingerprint density at radius 1 is 1.15 bits per heavy atom. The van der Waals surface area contributed by atoms with Crippen LogP contribution in [0.2, 0.25) is 5.02 Å². The minimum atomic E-state index is -0.510. The molecule has 0 aliphatic rings. The van der Waals surface area contributed by atoms with Crippen LogP contribution >= 0.6 is 11.6 Å². The van der Waals surface area contributed by atoms with E-state index in [4.69, 9.17) is 11.6 Å². The van der Waals surface area contributed by atoms with Gasteiger partial charge in [-0.05, 0) is 18.2 Å². The topological polar surface area (TPSA) is 102 Å². The summed E-state index contributed by atoms with van der Waals surface area (Å²) in [6.45, 7) is 0. The van der Waals surface area contributed by atoms with Gasteiger partial charge in [-0.3, -0.25) is 20.3 Å². The first-order valence-electron chi connectivity index (χ1n) is 7.43. The molecule has 0 unspecified atom stereocenters. The number of nitrogens with zero attached hydrogens (tertiary/aromatic N) is 4. The summed E-state index contributed by atoms with van der Waals surface area (Å²) in [5.41, 5.74) is 3.08. The fourth-order valence-corrected chi connectivity index (χ4v) is 2.37. The molecule has 0 saturated heterocycles. The smallest absolute Gasteiger partial charge is 0.275 e. The lowest BCUT2D eigenvalue weighted by atomic mass is 10.2. The number of anilines is 1. The lowest BCUT2D eigenvalue weighted by molar-refractivity contribution is -0.385. The number of nitro groups is 1. The van der Waals surface area contributed by atoms with Crippen molar-refractivity contribution in [3.05, 3.63) is 91.8 Å². The molecule has 8 nitrogen and oxygen atoms in total. The van der Waals surface area contributed by atoms with E-state index in [0.717, 1.165) is 0 Å². The average Bonchev–Trinajstić information content (AvgIpc) is 2.66. The fraction of sp³-hybridized carbons (Fsp3) is 0. The van der Waals surface area contributed by atoms with Gasteiger partial charge in [0.2, 0.25) is 0 Å². The maximum atomic E-state index is 12.4. The van der Waals surface area contributed by atoms with Crippen molar-refractivity contribution >= 4 is 29.2 Å². The number of halogens is 1. The van der Waals surface area contributed by atoms with Gasteiger partial charge < -0.3 is 0 Å². The Morgan fingerprint density at radius 3 is 2.58 bits per heavy atom. The van der Waals surface area contributed by atoms with Gasteiger partial charge in [-0.1, -0.05) is 41.9 Å². The molecule has 0 aliphatic carbocycles. The highest BCUT2D eigenvalue weighted by molar-refractivity contribution is 6.32. The number of nitrogens with one attached hydrogen (secondary N) is 1. The van der Waals surface area contributed by atoms with E-state index >= 15 is 0 Å². The van der Waals surface area contributed by atoms with E-state index < -0.39 is 10.5 Å². The zero-order valence-corrected chi connectivity index (χ0v) is 14.0. The maximum absolute atomic E-state index is 12.4. The van der Waals surface area contributed by atoms with Crippen LogP contribution in [0, 0.1) is 10.1 Å². The van der Waals surface area contributed by atoms with Crippen molar-refractivity contribution in [2.45, 2.75) is 0 Å². The summed E-state index contributed by atoms with van der Waals surface area (Å²) in [6.07, 6.45) is 2.63. The summed E-state index contributed by atoms with van der Waals surface area (Å²) < 4.78 is 1.17. The molecule has 2 aromatic carbocycles. The van der Waals surface area contributed by atoms with Crippen LogP contribution in [-0.4, -0.2) is 20.9 Å². The van der Waals surface area contributed by atoms with Crippen LogP contribution in [0.4, 0.5) is 11.4 Å². The van der Waals surface area contributed by atoms with Crippen LogP contribution in [0.25, 0.3) is 5.69 Å². The first-order chi connectivity index (χ1) is 12.6. The Bertz CT molecular complexity index is 1030. The third-order valence-corrected chi connectivity index (χ3v) is 3.81. The zero-order valence-electron chi connectivity index (χ0n) is 13.2. The molecule has 0 bridgehead atoms. The summed E-state index contributed by atoms with van der Waals surface area (Å²) >= 11 is 6.09. The molecule has 0 radical (unpaired) electrons. The van der Waals surface area contributed by atoms with E-state index in [0.29, 0.717) is 11.3 Å². The van der Waals surface area contributed by atoms with Gasteiger partial charge in [0.15, 0.2) is 0 Å². The molecular formula is C17H12ClN5O3. The molecule has 0 saturated carbocycles. The Hall–Kier alpha value is -3.52. The van der Waals surface area contributed by atoms with Gasteiger partial charge in [-0.25, -0.2) is 0 Å². The Morgan fingerprint density at radius 2 is 1.85 bits per heavy atom. The molecule has 130 valence electrons. The Balaban J connectivity index is 1.85. The van der Waals surface area contributed by atoms with Gasteiger partial charge in [-0.2, -0.15) is 14.9 Å². The fourth-order valence-electron chi connectivity index (χ4n) is 2.20. The van der Waals surface area contributed by atoms with Gasteiger partial charge >= 0.3 is 0 Å². The van der Waals surface area contributed by atoms with Crippen LogP contribution in [0.5, 0.6) is 0 Å². The number of aromatic nitrogens is 2. The monoisotopic (exact) mass is 369 g/mol. The molecule has 0 amide bonds. The lowest BCUT2D eigenvalue weighted by Gasteiger charge is -2.07. The van der Waals surface area contributed by atoms with Gasteiger partial charge in [-0.15, -0.1) is 0 Å². The van der Waals surface area contributed by atoms with Crippen LogP contribution < -0.4 is 11.0 Å². The highest BCUT2D eigenvalue weighted by atomic mass is 35.5. The van der Waals surface area contributed by atoms with Gasteiger partial charge in [0, 0.05) is 6.07 Å². The lowest BCUT2D eigenvalue weighted by Crippen LogP contribution is -2.22. The summed E-state index contributed by atoms with van der Waals surface area (Å²) in [5, 5.41) is 18.8. The number of hydrazone groups is 1. The van der Waals surface area contributed by atoms with Crippen molar-refractivity contribution < 1.29 is 4.92 Å². The van der Waals surface area contributed by atoms with E-state index in [1.807, 2.05) is 6.07 Å². The summed E-state index contributed by atoms with van der Waals surface area (Å²) in [7, 11) is 0. The average molecular weight is 370 g/mol. The molecule has 3 rings (SSSR count). The predicted octanol–water partition coefficient (Wildman–Crippen LogP) is 3.24. The second kappa shape index (κ2) is 7.58. The number of rotatable bonds is 5. The SMILES string of the molecule is O=c1c(Cl)c(N/N=C\c2ccccc2[N+](=O)[O-])cnn1-c1ccccc1. The summed E-state index contributed by atoms with van der Waals surface area (Å²) in [6, 6.07) is 15.0. The van der Waals surface area contributed by atoms with Gasteiger partial charge in [0.1, 0.15) is 10.7 Å². The van der Waals surface area contributed by atoms with E-state index in [2.05, 4.69) is 15.6 Å². The van der Waals surface area contributed by atoms with Gasteiger partial charge in [0.25, 0.3) is 11.2 Å². The molecule has 0 spiro atoms. The molecule has 1 aromatic heterocycles. The van der Waals surface area contributed by atoms with Crippen molar-refractivity contribution in [1.29, 1.82) is 0 Å². The van der Waals surface area contributed by atoms with E-state index in [1.54, 1.807) is 42.5 Å². The second-order valence-corrected chi connectivity index (χ2v) is 5.49. The normalized spacial score (nSPS) is 10.8. The molecule has 26 heavy (non-hydrogen) atoms. The van der Waals surface area contributed by atoms with Gasteiger partial charge in [0.05, 0.1) is 28.6 Å². The quantitative estimate of drug-likeness (QED) is 0.422. The molecule has 1 heterocycles. The minimum Gasteiger partial charge on any atom is -0.275 e. The van der Waals surface area contributed by atoms with Crippen molar-refractivity contribution in [1.82, 2.24) is 9.78 Å². The van der Waals surface area contributed by atoms with E-state index in [-0.39, 0.29) is 16.4 Å². The van der Waals surface area contributed by atoms with Crippen molar-refractivity contribution in [2.24, 2.45) is 5.10 Å². The molecular weight excluding hydrogens is 358 g/mol. The van der Waals surface area contributed by atoms with Crippen LogP contribution in [0.15, 0.2) is 70.7 Å². The number of hydrogen-bond donors (Lipinski definition) is 1. The minimum absolute atomic E-state index is 0.0817. The third kappa shape index (κ3) is 3.60. The maximum Gasteiger partial charge on any atom is 0.292 e. The molecule has 9 heteroatoms. The molecule has 1 N–H and O–H groups in total. The first kappa shape index (κ1) is 17.3. The predicted molar refractivity (Wildman–Crippen MR) is 99.2 cm³/mol. The van der Waals surface area contributed by atoms with Crippen molar-refractivity contribution in [3.8, 4) is 5.69 Å². The highest BCUT2D eigenvalue weighted by Gasteiger charge is 2.11. The number of benzene rings is 2. The molecule has 0 aliphatic heterocycles. The largest absolute Gasteiger partial charge is 0.292 e. The van der Waals surface area contributed by atoms with Crippen LogP contribution in [0.3, 0.4) is 0 Å². The number of nitro benzene ring substituents is 1. The first-order valence-corrected chi connectivity index (χ1v) is 7.81. The Kier molecular flexibility index (Phi) is 5.04. The second-order valence-electron chi connectivity index (χ2n) is 5.11. The molecule has 0 fully saturated rings. The third-order valence-electron chi connectivity index (χ3n) is 3.44. The standard InChI is InChI=1S/C17H12ClN5O3/c18-16-14(11-20-22(17(16)24)13-7-2-1-3-8-13)21-19-10-12-6-4-5-9-15(12)23(25)26/h1-11,21H/b19-10-. The van der Waals surface area contributed by atoms with E-state index in [9.17, 15) is 14.9 Å². The van der Waals surface area contributed by atoms with Crippen LogP contribution in [0.1, 0.15) is 5.56 Å². The summed E-state index contributed by atoms with van der Waals surface area (Å²) in [5.74, 6) is 0. The number of hydrogen-bond acceptors (Lipinski definition) is 6. The van der Waals surface area contributed by atoms with Crippen molar-refractivity contribution in [3.63, 3.8) is 0 Å². The zero-order chi connectivity index (χ0) is 18.5. The van der Waals surface area contributed by atoms with E-state index in [1.165, 1.54) is 23.2 Å². The molecule has 0 atom stereocenters. The summed E-state index contributed by atoms with van der Waals surface area (Å²) in [4.78, 5) is 22.8. The van der Waals surface area contributed by atoms with Crippen molar-refractivity contribution in [2.75, 3.05) is 5.43 Å². The highest BCUT2D eigenvalue weighted by Crippen LogP contribution is 2.18. The number of para-hydroxylation sites is 2. The Labute approximate surface area is 152 Å².